The number of nitrogens with zero attached hydrogens (tertiary/aromatic N) is 4. The van der Waals surface area contributed by atoms with Gasteiger partial charge in [-0.25, -0.2) is 9.18 Å². The van der Waals surface area contributed by atoms with E-state index >= 15 is 0 Å². The van der Waals surface area contributed by atoms with Crippen molar-refractivity contribution in [1.29, 1.82) is 0 Å². The molecule has 41 heavy (non-hydrogen) atoms. The average Bonchev–Trinajstić information content (AvgIpc) is 3.36. The van der Waals surface area contributed by atoms with E-state index in [4.69, 9.17) is 21.1 Å². The second-order valence-corrected chi connectivity index (χ2v) is 11.2. The number of rotatable bonds is 7. The van der Waals surface area contributed by atoms with Crippen LogP contribution in [0, 0.1) is 11.7 Å². The summed E-state index contributed by atoms with van der Waals surface area (Å²) in [6.45, 7) is 3.95. The topological polar surface area (TPSA) is 96.9 Å². The first-order valence-electron chi connectivity index (χ1n) is 13.5. The molecule has 9 nitrogen and oxygen atoms in total. The van der Waals surface area contributed by atoms with Gasteiger partial charge in [-0.2, -0.15) is 0 Å². The van der Waals surface area contributed by atoms with E-state index in [1.54, 1.807) is 32.4 Å². The predicted molar refractivity (Wildman–Crippen MR) is 153 cm³/mol. The highest BCUT2D eigenvalue weighted by Gasteiger charge is 2.62. The highest BCUT2D eigenvalue weighted by molar-refractivity contribution is 6.30. The van der Waals surface area contributed by atoms with E-state index in [1.165, 1.54) is 29.2 Å². The second kappa shape index (κ2) is 11.6. The van der Waals surface area contributed by atoms with Crippen molar-refractivity contribution >= 4 is 29.3 Å². The Hall–Kier alpha value is -3.76. The number of ketones is 1. The highest BCUT2D eigenvalue weighted by atomic mass is 35.5. The normalized spacial score (nSPS) is 22.8. The smallest absolute Gasteiger partial charge is 0.415 e. The van der Waals surface area contributed by atoms with E-state index in [2.05, 4.69) is 20.4 Å². The van der Waals surface area contributed by atoms with E-state index in [9.17, 15) is 14.0 Å². The summed E-state index contributed by atoms with van der Waals surface area (Å²) in [4.78, 5) is 31.9. The number of hydrogen-bond acceptors (Lipinski definition) is 8. The average molecular weight is 582 g/mol. The fourth-order valence-corrected chi connectivity index (χ4v) is 6.26. The Labute approximate surface area is 243 Å². The van der Waals surface area contributed by atoms with Crippen LogP contribution in [0.2, 0.25) is 5.02 Å². The van der Waals surface area contributed by atoms with Crippen molar-refractivity contribution in [2.24, 2.45) is 5.92 Å². The van der Waals surface area contributed by atoms with Gasteiger partial charge in [0.1, 0.15) is 17.1 Å². The summed E-state index contributed by atoms with van der Waals surface area (Å²) in [5.41, 5.74) is -1.17. The lowest BCUT2D eigenvalue weighted by Crippen LogP contribution is -2.68. The van der Waals surface area contributed by atoms with Gasteiger partial charge < -0.3 is 19.7 Å². The highest BCUT2D eigenvalue weighted by Crippen LogP contribution is 2.46. The molecule has 2 aromatic carbocycles. The fourth-order valence-electron chi connectivity index (χ4n) is 6.13. The van der Waals surface area contributed by atoms with E-state index in [1.807, 2.05) is 25.1 Å². The number of amides is 1. The van der Waals surface area contributed by atoms with Gasteiger partial charge >= 0.3 is 6.09 Å². The number of nitrogens with one attached hydrogen (secondary N) is 1. The molecule has 0 saturated carbocycles. The lowest BCUT2D eigenvalue weighted by atomic mass is 9.63. The number of methoxy groups -OCH3 is 1. The number of aromatic nitrogens is 2. The number of halogens is 2. The van der Waals surface area contributed by atoms with Crippen molar-refractivity contribution in [2.75, 3.05) is 45.2 Å². The van der Waals surface area contributed by atoms with E-state index in [0.717, 1.165) is 11.4 Å². The first-order chi connectivity index (χ1) is 19.7. The van der Waals surface area contributed by atoms with Crippen molar-refractivity contribution in [3.8, 4) is 11.6 Å². The molecule has 0 bridgehead atoms. The minimum atomic E-state index is -1.26. The molecule has 0 spiro atoms. The van der Waals surface area contributed by atoms with Crippen molar-refractivity contribution in [1.82, 2.24) is 20.4 Å². The molecule has 2 aliphatic rings. The van der Waals surface area contributed by atoms with Gasteiger partial charge in [0.2, 0.25) is 5.88 Å². The Balaban J connectivity index is 1.44. The number of hydrogen-bond donors (Lipinski definition) is 1. The fraction of sp³-hybridized carbons (Fsp3) is 0.400. The Morgan fingerprint density at radius 2 is 1.71 bits per heavy atom. The summed E-state index contributed by atoms with van der Waals surface area (Å²) in [7, 11) is 3.14. The van der Waals surface area contributed by atoms with Crippen LogP contribution in [0.5, 0.6) is 11.6 Å². The number of anilines is 1. The van der Waals surface area contributed by atoms with Crippen molar-refractivity contribution in [2.45, 2.75) is 30.7 Å². The SMILES string of the molecule is COc1ccc(N2CCC(C(=O)[C@@]3(N(C)C(=O)Oc4ccc(F)cc4)CNC[C@@]3(C)c3ccc(Cl)cc3)CC2)nn1. The molecule has 2 aliphatic heterocycles. The zero-order valence-electron chi connectivity index (χ0n) is 23.3. The molecule has 0 unspecified atom stereocenters. The minimum absolute atomic E-state index is 0.0287. The van der Waals surface area contributed by atoms with Crippen LogP contribution >= 0.6 is 11.6 Å². The summed E-state index contributed by atoms with van der Waals surface area (Å²) in [5, 5.41) is 12.3. The van der Waals surface area contributed by atoms with Gasteiger partial charge in [0.25, 0.3) is 0 Å². The number of Topliss-reactive ketones (excluding diaryl/α,β-unsaturated/α-hetero) is 1. The maximum atomic E-state index is 14.7. The van der Waals surface area contributed by atoms with Crippen molar-refractivity contribution < 1.29 is 23.5 Å². The summed E-state index contributed by atoms with van der Waals surface area (Å²) in [6.07, 6.45) is 0.484. The van der Waals surface area contributed by atoms with Gasteiger partial charge in [-0.3, -0.25) is 9.69 Å². The molecule has 2 saturated heterocycles. The molecule has 3 aromatic rings. The zero-order valence-corrected chi connectivity index (χ0v) is 24.0. The van der Waals surface area contributed by atoms with E-state index < -0.39 is 22.9 Å². The summed E-state index contributed by atoms with van der Waals surface area (Å²) in [6, 6.07) is 16.2. The molecule has 5 rings (SSSR count). The lowest BCUT2D eigenvalue weighted by Gasteiger charge is -2.49. The molecule has 0 aliphatic carbocycles. The standard InChI is InChI=1S/C30H33ClFN5O4/c1-29(21-4-6-22(31)7-5-21)18-33-19-30(29,36(2)28(39)41-24-10-8-23(32)9-11-24)27(38)20-14-16-37(17-15-20)25-12-13-26(40-3)35-34-25/h4-13,20,33H,14-19H2,1-3H3/t29-,30-/m0/s1. The molecule has 0 radical (unpaired) electrons. The van der Waals surface area contributed by atoms with Gasteiger partial charge in [0.15, 0.2) is 11.6 Å². The second-order valence-electron chi connectivity index (χ2n) is 10.7. The van der Waals surface area contributed by atoms with Crippen LogP contribution in [0.4, 0.5) is 15.0 Å². The van der Waals surface area contributed by atoms with Gasteiger partial charge in [-0.15, -0.1) is 10.2 Å². The van der Waals surface area contributed by atoms with E-state index in [-0.39, 0.29) is 24.0 Å². The number of likely N-dealkylation sites (N-methyl/N-ethyl adjacent to an activating group) is 1. The van der Waals surface area contributed by atoms with Crippen LogP contribution in [0.1, 0.15) is 25.3 Å². The Morgan fingerprint density at radius 3 is 2.32 bits per heavy atom. The monoisotopic (exact) mass is 581 g/mol. The summed E-state index contributed by atoms with van der Waals surface area (Å²) in [5.74, 6) is 0.585. The molecule has 1 N–H and O–H groups in total. The molecule has 3 heterocycles. The number of carbonyl (C=O) groups excluding carboxylic acids is 2. The quantitative estimate of drug-likeness (QED) is 0.436. The molecular weight excluding hydrogens is 549 g/mol. The lowest BCUT2D eigenvalue weighted by molar-refractivity contribution is -0.136. The molecule has 216 valence electrons. The summed E-state index contributed by atoms with van der Waals surface area (Å²) >= 11 is 6.20. The Kier molecular flexibility index (Phi) is 8.15. The molecule has 11 heteroatoms. The predicted octanol–water partition coefficient (Wildman–Crippen LogP) is 4.49. The molecule has 1 amide bonds. The third-order valence-electron chi connectivity index (χ3n) is 8.55. The number of ether oxygens (including phenoxy) is 2. The number of benzene rings is 2. The van der Waals surface area contributed by atoms with Crippen molar-refractivity contribution in [3.63, 3.8) is 0 Å². The van der Waals surface area contributed by atoms with Crippen LogP contribution in [0.25, 0.3) is 0 Å². The van der Waals surface area contributed by atoms with Crippen molar-refractivity contribution in [3.05, 3.63) is 77.1 Å². The maximum Gasteiger partial charge on any atom is 0.415 e. The number of carbonyl (C=O) groups is 2. The number of piperidine rings is 1. The first-order valence-corrected chi connectivity index (χ1v) is 13.9. The largest absolute Gasteiger partial charge is 0.480 e. The van der Waals surface area contributed by atoms with Crippen LogP contribution in [-0.4, -0.2) is 72.8 Å². The van der Waals surface area contributed by atoms with Crippen LogP contribution in [0.3, 0.4) is 0 Å². The minimum Gasteiger partial charge on any atom is -0.480 e. The maximum absolute atomic E-state index is 14.7. The first kappa shape index (κ1) is 28.8. The summed E-state index contributed by atoms with van der Waals surface area (Å²) < 4.78 is 24.2. The molecule has 2 fully saturated rings. The third-order valence-corrected chi connectivity index (χ3v) is 8.80. The van der Waals surface area contributed by atoms with Gasteiger partial charge in [-0.05, 0) is 60.9 Å². The van der Waals surface area contributed by atoms with Gasteiger partial charge in [0, 0.05) is 55.6 Å². The van der Waals surface area contributed by atoms with Crippen LogP contribution < -0.4 is 19.7 Å². The molecule has 1 aromatic heterocycles. The third kappa shape index (κ3) is 5.34. The van der Waals surface area contributed by atoms with Crippen LogP contribution in [-0.2, 0) is 10.2 Å². The molecule has 2 atom stereocenters. The van der Waals surface area contributed by atoms with Crippen LogP contribution in [0.15, 0.2) is 60.7 Å². The Morgan fingerprint density at radius 1 is 1.02 bits per heavy atom. The van der Waals surface area contributed by atoms with E-state index in [0.29, 0.717) is 43.4 Å². The molecular formula is C30H33ClFN5O4. The Bertz CT molecular complexity index is 1380. The van der Waals surface area contributed by atoms with Gasteiger partial charge in [-0.1, -0.05) is 30.7 Å². The zero-order chi connectivity index (χ0) is 29.2. The van der Waals surface area contributed by atoms with Gasteiger partial charge in [0.05, 0.1) is 7.11 Å².